The van der Waals surface area contributed by atoms with Gasteiger partial charge in [-0.15, -0.1) is 0 Å². The maximum Gasteiger partial charge on any atom is 0.246 e. The SMILES string of the molecule is CCN1CCN(S(=O)(=O)c2cc(CN)oc2C)CC1. The van der Waals surface area contributed by atoms with Gasteiger partial charge in [0, 0.05) is 32.2 Å². The summed E-state index contributed by atoms with van der Waals surface area (Å²) < 4.78 is 31.9. The summed E-state index contributed by atoms with van der Waals surface area (Å²) in [6.07, 6.45) is 0. The van der Waals surface area contributed by atoms with Crippen molar-refractivity contribution in [1.82, 2.24) is 9.21 Å². The lowest BCUT2D eigenvalue weighted by Crippen LogP contribution is -2.48. The van der Waals surface area contributed by atoms with E-state index < -0.39 is 10.0 Å². The molecule has 1 aliphatic heterocycles. The molecule has 0 saturated carbocycles. The van der Waals surface area contributed by atoms with Gasteiger partial charge in [-0.3, -0.25) is 0 Å². The number of aryl methyl sites for hydroxylation is 1. The molecule has 0 unspecified atom stereocenters. The molecule has 19 heavy (non-hydrogen) atoms. The predicted molar refractivity (Wildman–Crippen MR) is 72.2 cm³/mol. The summed E-state index contributed by atoms with van der Waals surface area (Å²) in [6, 6.07) is 1.54. The molecule has 2 rings (SSSR count). The first-order chi connectivity index (χ1) is 8.98. The Labute approximate surface area is 114 Å². The second-order valence-corrected chi connectivity index (χ2v) is 6.58. The molecular weight excluding hydrogens is 266 g/mol. The van der Waals surface area contributed by atoms with Gasteiger partial charge in [-0.05, 0) is 13.5 Å². The molecule has 0 spiro atoms. The number of furan rings is 1. The van der Waals surface area contributed by atoms with Gasteiger partial charge in [0.1, 0.15) is 16.4 Å². The van der Waals surface area contributed by atoms with E-state index in [9.17, 15) is 8.42 Å². The Morgan fingerprint density at radius 3 is 2.42 bits per heavy atom. The van der Waals surface area contributed by atoms with Gasteiger partial charge in [-0.1, -0.05) is 6.92 Å². The Hall–Kier alpha value is -0.890. The summed E-state index contributed by atoms with van der Waals surface area (Å²) in [5.41, 5.74) is 5.48. The minimum absolute atomic E-state index is 0.208. The van der Waals surface area contributed by atoms with Crippen LogP contribution in [0.25, 0.3) is 0 Å². The van der Waals surface area contributed by atoms with Crippen LogP contribution in [0.1, 0.15) is 18.4 Å². The number of likely N-dealkylation sites (N-methyl/N-ethyl adjacent to an activating group) is 1. The number of nitrogens with two attached hydrogens (primary N) is 1. The van der Waals surface area contributed by atoms with Crippen LogP contribution in [0.5, 0.6) is 0 Å². The van der Waals surface area contributed by atoms with Gasteiger partial charge in [0.2, 0.25) is 10.0 Å². The largest absolute Gasteiger partial charge is 0.464 e. The Morgan fingerprint density at radius 2 is 1.95 bits per heavy atom. The summed E-state index contributed by atoms with van der Waals surface area (Å²) in [6.45, 7) is 7.51. The fourth-order valence-corrected chi connectivity index (χ4v) is 3.91. The van der Waals surface area contributed by atoms with E-state index >= 15 is 0 Å². The van der Waals surface area contributed by atoms with Crippen molar-refractivity contribution < 1.29 is 12.8 Å². The molecule has 1 aromatic rings. The molecule has 1 aromatic heterocycles. The maximum atomic E-state index is 12.5. The highest BCUT2D eigenvalue weighted by molar-refractivity contribution is 7.89. The van der Waals surface area contributed by atoms with E-state index in [4.69, 9.17) is 10.2 Å². The Kier molecular flexibility index (Phi) is 4.29. The minimum atomic E-state index is -3.46. The number of sulfonamides is 1. The Morgan fingerprint density at radius 1 is 1.32 bits per heavy atom. The molecule has 6 nitrogen and oxygen atoms in total. The number of nitrogens with zero attached hydrogens (tertiary/aromatic N) is 2. The van der Waals surface area contributed by atoms with Crippen molar-refractivity contribution in [2.45, 2.75) is 25.3 Å². The molecule has 1 aliphatic rings. The van der Waals surface area contributed by atoms with Crippen LogP contribution in [0.15, 0.2) is 15.4 Å². The third kappa shape index (κ3) is 2.84. The van der Waals surface area contributed by atoms with E-state index in [0.717, 1.165) is 19.6 Å². The van der Waals surface area contributed by atoms with Crippen molar-refractivity contribution in [3.05, 3.63) is 17.6 Å². The monoisotopic (exact) mass is 287 g/mol. The third-order valence-electron chi connectivity index (χ3n) is 3.52. The second-order valence-electron chi connectivity index (χ2n) is 4.68. The average molecular weight is 287 g/mol. The fraction of sp³-hybridized carbons (Fsp3) is 0.667. The number of rotatable bonds is 4. The third-order valence-corrected chi connectivity index (χ3v) is 5.53. The van der Waals surface area contributed by atoms with Crippen LogP contribution < -0.4 is 5.73 Å². The first kappa shape index (κ1) is 14.5. The summed E-state index contributed by atoms with van der Waals surface area (Å²) >= 11 is 0. The molecule has 7 heteroatoms. The number of hydrogen-bond acceptors (Lipinski definition) is 5. The van der Waals surface area contributed by atoms with Crippen LogP contribution in [-0.2, 0) is 16.6 Å². The van der Waals surface area contributed by atoms with Gasteiger partial charge in [0.05, 0.1) is 6.54 Å². The van der Waals surface area contributed by atoms with E-state index in [2.05, 4.69) is 11.8 Å². The van der Waals surface area contributed by atoms with Gasteiger partial charge in [0.25, 0.3) is 0 Å². The first-order valence-corrected chi connectivity index (χ1v) is 7.95. The molecule has 0 amide bonds. The second kappa shape index (κ2) is 5.62. The molecule has 0 atom stereocenters. The molecular formula is C12H21N3O3S. The summed E-state index contributed by atoms with van der Waals surface area (Å²) in [7, 11) is -3.46. The van der Waals surface area contributed by atoms with Crippen LogP contribution in [0, 0.1) is 6.92 Å². The number of hydrogen-bond donors (Lipinski definition) is 1. The molecule has 2 N–H and O–H groups in total. The normalized spacial score (nSPS) is 18.9. The molecule has 1 fully saturated rings. The zero-order valence-corrected chi connectivity index (χ0v) is 12.2. The van der Waals surface area contributed by atoms with Crippen molar-refractivity contribution in [3.63, 3.8) is 0 Å². The highest BCUT2D eigenvalue weighted by Crippen LogP contribution is 2.24. The fourth-order valence-electron chi connectivity index (χ4n) is 2.31. The van der Waals surface area contributed by atoms with Crippen LogP contribution in [0.4, 0.5) is 0 Å². The molecule has 0 bridgehead atoms. The lowest BCUT2D eigenvalue weighted by atomic mass is 10.4. The minimum Gasteiger partial charge on any atom is -0.464 e. The number of piperazine rings is 1. The highest BCUT2D eigenvalue weighted by Gasteiger charge is 2.31. The molecule has 108 valence electrons. The zero-order chi connectivity index (χ0) is 14.0. The maximum absolute atomic E-state index is 12.5. The van der Waals surface area contributed by atoms with Crippen molar-refractivity contribution in [2.24, 2.45) is 5.73 Å². The molecule has 0 radical (unpaired) electrons. The van der Waals surface area contributed by atoms with Crippen LogP contribution in [0.3, 0.4) is 0 Å². The first-order valence-electron chi connectivity index (χ1n) is 6.51. The van der Waals surface area contributed by atoms with E-state index in [1.54, 1.807) is 6.92 Å². The predicted octanol–water partition coefficient (Wildman–Crippen LogP) is 0.373. The Balaban J connectivity index is 2.20. The van der Waals surface area contributed by atoms with Crippen LogP contribution in [-0.4, -0.2) is 50.3 Å². The van der Waals surface area contributed by atoms with Crippen molar-refractivity contribution in [1.29, 1.82) is 0 Å². The van der Waals surface area contributed by atoms with Crippen molar-refractivity contribution in [3.8, 4) is 0 Å². The smallest absolute Gasteiger partial charge is 0.246 e. The van der Waals surface area contributed by atoms with Gasteiger partial charge in [0.15, 0.2) is 0 Å². The lowest BCUT2D eigenvalue weighted by molar-refractivity contribution is 0.196. The quantitative estimate of drug-likeness (QED) is 0.865. The van der Waals surface area contributed by atoms with Gasteiger partial charge < -0.3 is 15.1 Å². The molecule has 2 heterocycles. The molecule has 0 aliphatic carbocycles. The van der Waals surface area contributed by atoms with E-state index in [-0.39, 0.29) is 11.4 Å². The van der Waals surface area contributed by atoms with Crippen molar-refractivity contribution in [2.75, 3.05) is 32.7 Å². The zero-order valence-electron chi connectivity index (χ0n) is 11.4. The molecule has 1 saturated heterocycles. The van der Waals surface area contributed by atoms with Gasteiger partial charge >= 0.3 is 0 Å². The average Bonchev–Trinajstić information content (AvgIpc) is 2.81. The van der Waals surface area contributed by atoms with Crippen LogP contribution in [0.2, 0.25) is 0 Å². The summed E-state index contributed by atoms with van der Waals surface area (Å²) in [4.78, 5) is 2.48. The van der Waals surface area contributed by atoms with Gasteiger partial charge in [-0.2, -0.15) is 4.31 Å². The van der Waals surface area contributed by atoms with E-state index in [1.165, 1.54) is 10.4 Å². The lowest BCUT2D eigenvalue weighted by Gasteiger charge is -2.33. The van der Waals surface area contributed by atoms with E-state index in [1.807, 2.05) is 0 Å². The summed E-state index contributed by atoms with van der Waals surface area (Å²) in [5.74, 6) is 0.918. The van der Waals surface area contributed by atoms with Crippen molar-refractivity contribution >= 4 is 10.0 Å². The van der Waals surface area contributed by atoms with Gasteiger partial charge in [-0.25, -0.2) is 8.42 Å². The molecule has 0 aromatic carbocycles. The Bertz CT molecular complexity index is 530. The van der Waals surface area contributed by atoms with E-state index in [0.29, 0.717) is 24.6 Å². The topological polar surface area (TPSA) is 79.8 Å². The highest BCUT2D eigenvalue weighted by atomic mass is 32.2. The van der Waals surface area contributed by atoms with Crippen LogP contribution >= 0.6 is 0 Å². The standard InChI is InChI=1S/C12H21N3O3S/c1-3-14-4-6-15(7-5-14)19(16,17)12-8-11(9-13)18-10(12)2/h8H,3-7,9,13H2,1-2H3. The summed E-state index contributed by atoms with van der Waals surface area (Å²) in [5, 5.41) is 0.